The van der Waals surface area contributed by atoms with Gasteiger partial charge in [-0.2, -0.15) is 0 Å². The Balaban J connectivity index is 3.14. The summed E-state index contributed by atoms with van der Waals surface area (Å²) in [6.07, 6.45) is 1.38. The number of carbonyl (C=O) groups excluding carboxylic acids is 1. The minimum absolute atomic E-state index is 0.0121. The summed E-state index contributed by atoms with van der Waals surface area (Å²) < 4.78 is 2.20. The number of aryl methyl sites for hydroxylation is 1. The second-order valence-electron chi connectivity index (χ2n) is 4.36. The standard InChI is InChI=1S/C13H19NO/c1-6-13(15)12-7-10(4)14(11(12)5)8-9(2)3/h6-7,9H,1,8H2,2-5H3. The Bertz CT molecular complexity index is 385. The van der Waals surface area contributed by atoms with Crippen molar-refractivity contribution in [2.24, 2.45) is 5.92 Å². The normalized spacial score (nSPS) is 10.7. The van der Waals surface area contributed by atoms with Crippen molar-refractivity contribution in [3.63, 3.8) is 0 Å². The smallest absolute Gasteiger partial charge is 0.187 e. The molecule has 1 heterocycles. The van der Waals surface area contributed by atoms with Gasteiger partial charge in [0.05, 0.1) is 0 Å². The first-order valence-electron chi connectivity index (χ1n) is 5.30. The summed E-state index contributed by atoms with van der Waals surface area (Å²) in [5.74, 6) is 0.597. The maximum atomic E-state index is 11.6. The largest absolute Gasteiger partial charge is 0.348 e. The molecule has 82 valence electrons. The molecule has 0 amide bonds. The van der Waals surface area contributed by atoms with Gasteiger partial charge in [-0.15, -0.1) is 0 Å². The van der Waals surface area contributed by atoms with Crippen LogP contribution in [0.4, 0.5) is 0 Å². The fourth-order valence-electron chi connectivity index (χ4n) is 1.81. The molecule has 2 nitrogen and oxygen atoms in total. The molecule has 0 aliphatic carbocycles. The minimum Gasteiger partial charge on any atom is -0.348 e. The van der Waals surface area contributed by atoms with Crippen LogP contribution in [0.5, 0.6) is 0 Å². The Morgan fingerprint density at radius 1 is 1.53 bits per heavy atom. The predicted octanol–water partition coefficient (Wildman–Crippen LogP) is 3.13. The van der Waals surface area contributed by atoms with Gasteiger partial charge in [0, 0.05) is 23.5 Å². The lowest BCUT2D eigenvalue weighted by atomic mass is 10.1. The summed E-state index contributed by atoms with van der Waals surface area (Å²) in [5.41, 5.74) is 2.97. The van der Waals surface area contributed by atoms with E-state index in [2.05, 4.69) is 25.0 Å². The Hall–Kier alpha value is -1.31. The van der Waals surface area contributed by atoms with Crippen molar-refractivity contribution in [3.05, 3.63) is 35.7 Å². The van der Waals surface area contributed by atoms with Gasteiger partial charge in [0.1, 0.15) is 0 Å². The van der Waals surface area contributed by atoms with E-state index < -0.39 is 0 Å². The van der Waals surface area contributed by atoms with Crippen molar-refractivity contribution in [2.75, 3.05) is 0 Å². The number of aromatic nitrogens is 1. The van der Waals surface area contributed by atoms with Crippen molar-refractivity contribution in [1.82, 2.24) is 4.57 Å². The Morgan fingerprint density at radius 2 is 2.13 bits per heavy atom. The zero-order valence-electron chi connectivity index (χ0n) is 10.0. The molecule has 0 saturated carbocycles. The number of rotatable bonds is 4. The maximum Gasteiger partial charge on any atom is 0.187 e. The summed E-state index contributed by atoms with van der Waals surface area (Å²) in [7, 11) is 0. The Kier molecular flexibility index (Phi) is 3.51. The van der Waals surface area contributed by atoms with Crippen LogP contribution in [0.15, 0.2) is 18.7 Å². The fourth-order valence-corrected chi connectivity index (χ4v) is 1.81. The molecule has 2 heteroatoms. The zero-order chi connectivity index (χ0) is 11.6. The second kappa shape index (κ2) is 4.47. The number of nitrogens with zero attached hydrogens (tertiary/aromatic N) is 1. The number of hydrogen-bond donors (Lipinski definition) is 0. The van der Waals surface area contributed by atoms with E-state index in [-0.39, 0.29) is 5.78 Å². The minimum atomic E-state index is 0.0121. The van der Waals surface area contributed by atoms with Crippen LogP contribution >= 0.6 is 0 Å². The van der Waals surface area contributed by atoms with E-state index in [0.29, 0.717) is 5.92 Å². The van der Waals surface area contributed by atoms with Gasteiger partial charge < -0.3 is 4.57 Å². The number of carbonyl (C=O) groups is 1. The third-order valence-electron chi connectivity index (χ3n) is 2.57. The van der Waals surface area contributed by atoms with Crippen LogP contribution in [0, 0.1) is 19.8 Å². The van der Waals surface area contributed by atoms with Crippen molar-refractivity contribution in [3.8, 4) is 0 Å². The number of hydrogen-bond acceptors (Lipinski definition) is 1. The summed E-state index contributed by atoms with van der Waals surface area (Å²) in [5, 5.41) is 0. The molecule has 1 aromatic rings. The highest BCUT2D eigenvalue weighted by atomic mass is 16.1. The summed E-state index contributed by atoms with van der Waals surface area (Å²) >= 11 is 0. The van der Waals surface area contributed by atoms with E-state index in [1.165, 1.54) is 6.08 Å². The lowest BCUT2D eigenvalue weighted by Crippen LogP contribution is -2.08. The third kappa shape index (κ3) is 2.38. The highest BCUT2D eigenvalue weighted by Crippen LogP contribution is 2.17. The van der Waals surface area contributed by atoms with Gasteiger partial charge in [-0.25, -0.2) is 0 Å². The molecule has 0 saturated heterocycles. The SMILES string of the molecule is C=CC(=O)c1cc(C)n(CC(C)C)c1C. The van der Waals surface area contributed by atoms with Crippen LogP contribution in [0.3, 0.4) is 0 Å². The summed E-state index contributed by atoms with van der Waals surface area (Å²) in [6, 6.07) is 1.95. The number of ketones is 1. The molecule has 1 aromatic heterocycles. The van der Waals surface area contributed by atoms with E-state index in [4.69, 9.17) is 0 Å². The molecule has 0 radical (unpaired) electrons. The molecule has 0 bridgehead atoms. The van der Waals surface area contributed by atoms with Gasteiger partial charge in [0.2, 0.25) is 0 Å². The highest BCUT2D eigenvalue weighted by Gasteiger charge is 2.13. The topological polar surface area (TPSA) is 22.0 Å². The molecule has 0 aliphatic heterocycles. The molecule has 0 atom stereocenters. The Labute approximate surface area is 91.6 Å². The van der Waals surface area contributed by atoms with Gasteiger partial charge >= 0.3 is 0 Å². The van der Waals surface area contributed by atoms with Gasteiger partial charge in [-0.1, -0.05) is 20.4 Å². The van der Waals surface area contributed by atoms with Crippen molar-refractivity contribution in [1.29, 1.82) is 0 Å². The molecule has 0 aliphatic rings. The predicted molar refractivity (Wildman–Crippen MR) is 63.3 cm³/mol. The molecule has 0 N–H and O–H groups in total. The molecular formula is C13H19NO. The van der Waals surface area contributed by atoms with Crippen LogP contribution in [0.2, 0.25) is 0 Å². The van der Waals surface area contributed by atoms with Crippen LogP contribution in [-0.2, 0) is 6.54 Å². The molecule has 1 rings (SSSR count). The summed E-state index contributed by atoms with van der Waals surface area (Å²) in [4.78, 5) is 11.6. The van der Waals surface area contributed by atoms with E-state index in [9.17, 15) is 4.79 Å². The number of allylic oxidation sites excluding steroid dienone is 1. The molecular weight excluding hydrogens is 186 g/mol. The lowest BCUT2D eigenvalue weighted by molar-refractivity contribution is 0.104. The van der Waals surface area contributed by atoms with E-state index in [1.807, 2.05) is 19.9 Å². The van der Waals surface area contributed by atoms with Gasteiger partial charge in [-0.05, 0) is 31.9 Å². The van der Waals surface area contributed by atoms with Crippen LogP contribution < -0.4 is 0 Å². The molecule has 0 spiro atoms. The van der Waals surface area contributed by atoms with Crippen molar-refractivity contribution in [2.45, 2.75) is 34.2 Å². The van der Waals surface area contributed by atoms with Crippen molar-refractivity contribution >= 4 is 5.78 Å². The van der Waals surface area contributed by atoms with Gasteiger partial charge in [0.25, 0.3) is 0 Å². The fraction of sp³-hybridized carbons (Fsp3) is 0.462. The van der Waals surface area contributed by atoms with Gasteiger partial charge in [0.15, 0.2) is 5.78 Å². The van der Waals surface area contributed by atoms with Crippen molar-refractivity contribution < 1.29 is 4.79 Å². The first-order chi connectivity index (χ1) is 6.97. The molecule has 0 fully saturated rings. The first-order valence-corrected chi connectivity index (χ1v) is 5.30. The summed E-state index contributed by atoms with van der Waals surface area (Å²) in [6.45, 7) is 12.9. The highest BCUT2D eigenvalue weighted by molar-refractivity contribution is 6.05. The monoisotopic (exact) mass is 205 g/mol. The molecule has 0 aromatic carbocycles. The second-order valence-corrected chi connectivity index (χ2v) is 4.36. The Morgan fingerprint density at radius 3 is 2.60 bits per heavy atom. The quantitative estimate of drug-likeness (QED) is 0.546. The third-order valence-corrected chi connectivity index (χ3v) is 2.57. The van der Waals surface area contributed by atoms with Crippen LogP contribution in [0.25, 0.3) is 0 Å². The molecule has 0 unspecified atom stereocenters. The van der Waals surface area contributed by atoms with E-state index in [1.54, 1.807) is 0 Å². The van der Waals surface area contributed by atoms with E-state index in [0.717, 1.165) is 23.5 Å². The molecule has 15 heavy (non-hydrogen) atoms. The maximum absolute atomic E-state index is 11.6. The lowest BCUT2D eigenvalue weighted by Gasteiger charge is -2.11. The first kappa shape index (κ1) is 11.8. The van der Waals surface area contributed by atoms with Crippen LogP contribution in [0.1, 0.15) is 35.6 Å². The average molecular weight is 205 g/mol. The van der Waals surface area contributed by atoms with E-state index >= 15 is 0 Å². The average Bonchev–Trinajstić information content (AvgIpc) is 2.44. The van der Waals surface area contributed by atoms with Gasteiger partial charge in [-0.3, -0.25) is 4.79 Å². The van der Waals surface area contributed by atoms with Crippen LogP contribution in [-0.4, -0.2) is 10.4 Å². The zero-order valence-corrected chi connectivity index (χ0v) is 10.0.